The summed E-state index contributed by atoms with van der Waals surface area (Å²) in [5.74, 6) is 0.514. The molecule has 1 aromatic heterocycles. The number of amides is 1. The number of nitrogens with zero attached hydrogens (tertiary/aromatic N) is 1. The molecule has 0 spiro atoms. The lowest BCUT2D eigenvalue weighted by atomic mass is 10.1. The summed E-state index contributed by atoms with van der Waals surface area (Å²) in [4.78, 5) is 16.2. The van der Waals surface area contributed by atoms with Crippen LogP contribution >= 0.6 is 11.6 Å². The van der Waals surface area contributed by atoms with Gasteiger partial charge in [-0.3, -0.25) is 4.79 Å². The molecule has 1 heterocycles. The van der Waals surface area contributed by atoms with Crippen LogP contribution in [0.15, 0.2) is 29.0 Å². The minimum atomic E-state index is -0.354. The highest BCUT2D eigenvalue weighted by atomic mass is 35.5. The number of ether oxygens (including phenoxy) is 1. The van der Waals surface area contributed by atoms with Crippen molar-refractivity contribution < 1.29 is 13.9 Å². The van der Waals surface area contributed by atoms with E-state index in [9.17, 15) is 4.79 Å². The zero-order valence-electron chi connectivity index (χ0n) is 11.4. The number of carbonyl (C=O) groups excluding carboxylic acids is 1. The number of hydrogen-bond acceptors (Lipinski definition) is 4. The Labute approximate surface area is 121 Å². The van der Waals surface area contributed by atoms with Gasteiger partial charge in [-0.2, -0.15) is 0 Å². The summed E-state index contributed by atoms with van der Waals surface area (Å²) in [5, 5.41) is 3.14. The molecule has 6 heteroatoms. The van der Waals surface area contributed by atoms with Crippen molar-refractivity contribution in [3.63, 3.8) is 0 Å². The predicted molar refractivity (Wildman–Crippen MR) is 76.5 cm³/mol. The molecule has 0 atom stereocenters. The average Bonchev–Trinajstić information content (AvgIpc) is 2.88. The van der Waals surface area contributed by atoms with Crippen LogP contribution in [-0.4, -0.2) is 18.0 Å². The Morgan fingerprint density at radius 1 is 1.45 bits per heavy atom. The molecule has 1 aromatic carbocycles. The topological polar surface area (TPSA) is 64.4 Å². The molecule has 0 unspecified atom stereocenters. The number of carbonyl (C=O) groups is 1. The van der Waals surface area contributed by atoms with Gasteiger partial charge in [-0.15, -0.1) is 0 Å². The van der Waals surface area contributed by atoms with Gasteiger partial charge in [0.05, 0.1) is 17.8 Å². The second-order valence-corrected chi connectivity index (χ2v) is 4.93. The van der Waals surface area contributed by atoms with E-state index < -0.39 is 0 Å². The second-order valence-electron chi connectivity index (χ2n) is 4.52. The predicted octanol–water partition coefficient (Wildman–Crippen LogP) is 3.71. The Morgan fingerprint density at radius 3 is 2.80 bits per heavy atom. The number of halogens is 1. The lowest BCUT2D eigenvalue weighted by Crippen LogP contribution is -2.13. The minimum Gasteiger partial charge on any atom is -0.495 e. The third kappa shape index (κ3) is 2.93. The Hall–Kier alpha value is -2.01. The van der Waals surface area contributed by atoms with Crippen molar-refractivity contribution in [2.45, 2.75) is 19.8 Å². The van der Waals surface area contributed by atoms with E-state index in [1.165, 1.54) is 13.5 Å². The van der Waals surface area contributed by atoms with Crippen LogP contribution in [0.1, 0.15) is 36.0 Å². The van der Waals surface area contributed by atoms with Crippen LogP contribution in [0.2, 0.25) is 5.02 Å². The maximum absolute atomic E-state index is 12.1. The van der Waals surface area contributed by atoms with E-state index in [1.807, 2.05) is 13.8 Å². The number of hydrogen-bond donors (Lipinski definition) is 1. The summed E-state index contributed by atoms with van der Waals surface area (Å²) in [6.07, 6.45) is 1.27. The fraction of sp³-hybridized carbons (Fsp3) is 0.286. The van der Waals surface area contributed by atoms with Crippen molar-refractivity contribution in [1.29, 1.82) is 0 Å². The Bertz CT molecular complexity index is 623. The van der Waals surface area contributed by atoms with Crippen molar-refractivity contribution in [3.05, 3.63) is 41.1 Å². The van der Waals surface area contributed by atoms with E-state index in [1.54, 1.807) is 18.2 Å². The van der Waals surface area contributed by atoms with E-state index in [4.69, 9.17) is 20.8 Å². The molecule has 0 saturated heterocycles. The first kappa shape index (κ1) is 14.4. The first-order valence-corrected chi connectivity index (χ1v) is 6.49. The van der Waals surface area contributed by atoms with Gasteiger partial charge >= 0.3 is 0 Å². The van der Waals surface area contributed by atoms with Gasteiger partial charge in [0.2, 0.25) is 5.76 Å². The molecule has 106 valence electrons. The monoisotopic (exact) mass is 294 g/mol. The molecule has 0 fully saturated rings. The highest BCUT2D eigenvalue weighted by molar-refractivity contribution is 6.32. The van der Waals surface area contributed by atoms with E-state index in [2.05, 4.69) is 10.3 Å². The van der Waals surface area contributed by atoms with Crippen LogP contribution in [0.5, 0.6) is 5.75 Å². The number of benzene rings is 1. The number of anilines is 1. The van der Waals surface area contributed by atoms with Crippen molar-refractivity contribution in [2.75, 3.05) is 12.4 Å². The van der Waals surface area contributed by atoms with Crippen LogP contribution in [0.3, 0.4) is 0 Å². The third-order valence-corrected chi connectivity index (χ3v) is 3.05. The minimum absolute atomic E-state index is 0.106. The van der Waals surface area contributed by atoms with Gasteiger partial charge in [-0.05, 0) is 24.1 Å². The van der Waals surface area contributed by atoms with E-state index in [0.29, 0.717) is 22.2 Å². The van der Waals surface area contributed by atoms with Gasteiger partial charge in [-0.1, -0.05) is 25.4 Å². The molecule has 0 bridgehead atoms. The zero-order valence-corrected chi connectivity index (χ0v) is 12.2. The molecule has 0 aliphatic rings. The van der Waals surface area contributed by atoms with Crippen LogP contribution < -0.4 is 10.1 Å². The fourth-order valence-electron chi connectivity index (χ4n) is 1.77. The maximum Gasteiger partial charge on any atom is 0.293 e. The van der Waals surface area contributed by atoms with Crippen molar-refractivity contribution >= 4 is 23.2 Å². The molecular formula is C14H15ClN2O3. The smallest absolute Gasteiger partial charge is 0.293 e. The van der Waals surface area contributed by atoms with Gasteiger partial charge in [0, 0.05) is 5.69 Å². The summed E-state index contributed by atoms with van der Waals surface area (Å²) in [5.41, 5.74) is 1.19. The van der Waals surface area contributed by atoms with Gasteiger partial charge in [0.1, 0.15) is 5.75 Å². The first-order valence-electron chi connectivity index (χ1n) is 6.11. The molecule has 0 radical (unpaired) electrons. The summed E-state index contributed by atoms with van der Waals surface area (Å²) in [6, 6.07) is 5.00. The van der Waals surface area contributed by atoms with Gasteiger partial charge < -0.3 is 14.5 Å². The third-order valence-electron chi connectivity index (χ3n) is 2.76. The highest BCUT2D eigenvalue weighted by Gasteiger charge is 2.19. The van der Waals surface area contributed by atoms with Crippen LogP contribution in [0.4, 0.5) is 5.69 Å². The molecule has 0 saturated carbocycles. The molecule has 1 amide bonds. The normalized spacial score (nSPS) is 10.7. The molecule has 5 nitrogen and oxygen atoms in total. The summed E-state index contributed by atoms with van der Waals surface area (Å²) >= 11 is 6.01. The number of nitrogens with one attached hydrogen (secondary N) is 1. The largest absolute Gasteiger partial charge is 0.495 e. The number of methoxy groups -OCH3 is 1. The second kappa shape index (κ2) is 5.96. The Balaban J connectivity index is 2.19. The van der Waals surface area contributed by atoms with Gasteiger partial charge in [0.25, 0.3) is 5.91 Å². The summed E-state index contributed by atoms with van der Waals surface area (Å²) in [7, 11) is 1.53. The quantitative estimate of drug-likeness (QED) is 0.933. The molecule has 2 rings (SSSR count). The molecule has 2 aromatic rings. The molecule has 20 heavy (non-hydrogen) atoms. The molecule has 1 N–H and O–H groups in total. The zero-order chi connectivity index (χ0) is 14.7. The number of oxazole rings is 1. The Morgan fingerprint density at radius 2 is 2.20 bits per heavy atom. The average molecular weight is 295 g/mol. The Kier molecular flexibility index (Phi) is 4.29. The van der Waals surface area contributed by atoms with Crippen molar-refractivity contribution in [1.82, 2.24) is 4.98 Å². The lowest BCUT2D eigenvalue weighted by molar-refractivity contribution is 0.0995. The van der Waals surface area contributed by atoms with E-state index in [-0.39, 0.29) is 17.6 Å². The molecular weight excluding hydrogens is 280 g/mol. The summed E-state index contributed by atoms with van der Waals surface area (Å²) < 4.78 is 10.2. The number of aromatic nitrogens is 1. The molecule has 0 aliphatic heterocycles. The fourth-order valence-corrected chi connectivity index (χ4v) is 2.03. The highest BCUT2D eigenvalue weighted by Crippen LogP contribution is 2.27. The van der Waals surface area contributed by atoms with Crippen LogP contribution in [0, 0.1) is 0 Å². The van der Waals surface area contributed by atoms with E-state index in [0.717, 1.165) is 0 Å². The van der Waals surface area contributed by atoms with Crippen molar-refractivity contribution in [3.8, 4) is 5.75 Å². The standard InChI is InChI=1S/C14H15ClN2O3/c1-8(2)12-13(20-7-16-12)14(18)17-9-4-5-11(19-3)10(15)6-9/h4-8H,1-3H3,(H,17,18). The van der Waals surface area contributed by atoms with Crippen LogP contribution in [0.25, 0.3) is 0 Å². The SMILES string of the molecule is COc1ccc(NC(=O)c2ocnc2C(C)C)cc1Cl. The van der Waals surface area contributed by atoms with Crippen molar-refractivity contribution in [2.24, 2.45) is 0 Å². The van der Waals surface area contributed by atoms with Crippen LogP contribution in [-0.2, 0) is 0 Å². The summed E-state index contributed by atoms with van der Waals surface area (Å²) in [6.45, 7) is 3.89. The lowest BCUT2D eigenvalue weighted by Gasteiger charge is -2.08. The first-order chi connectivity index (χ1) is 9.52. The molecule has 0 aliphatic carbocycles. The van der Waals surface area contributed by atoms with Gasteiger partial charge in [-0.25, -0.2) is 4.98 Å². The maximum atomic E-state index is 12.1. The van der Waals surface area contributed by atoms with Gasteiger partial charge in [0.15, 0.2) is 6.39 Å². The number of rotatable bonds is 4. The van der Waals surface area contributed by atoms with E-state index >= 15 is 0 Å².